The van der Waals surface area contributed by atoms with Crippen molar-refractivity contribution in [1.29, 1.82) is 0 Å². The molecule has 21 heavy (non-hydrogen) atoms. The van der Waals surface area contributed by atoms with Crippen molar-refractivity contribution in [2.75, 3.05) is 11.9 Å². The van der Waals surface area contributed by atoms with E-state index in [9.17, 15) is 9.59 Å². The Balaban J connectivity index is 1.96. The number of carbonyl (C=O) groups is 2. The minimum Gasteiger partial charge on any atom is -0.361 e. The van der Waals surface area contributed by atoms with Crippen LogP contribution in [0.4, 0.5) is 5.69 Å². The van der Waals surface area contributed by atoms with Gasteiger partial charge in [0, 0.05) is 12.2 Å². The van der Waals surface area contributed by atoms with E-state index >= 15 is 0 Å². The molecule has 0 fully saturated rings. The van der Waals surface area contributed by atoms with Gasteiger partial charge in [-0.1, -0.05) is 23.4 Å². The van der Waals surface area contributed by atoms with E-state index in [4.69, 9.17) is 4.52 Å². The van der Waals surface area contributed by atoms with E-state index in [-0.39, 0.29) is 18.4 Å². The molecule has 6 nitrogen and oxygen atoms in total. The van der Waals surface area contributed by atoms with Gasteiger partial charge >= 0.3 is 0 Å². The number of para-hydroxylation sites is 1. The minimum atomic E-state index is -0.238. The Morgan fingerprint density at radius 2 is 2.05 bits per heavy atom. The standard InChI is InChI=1S/C15H15N3O3/c1-9-14(10(2)21-17-9)15(20)18-7-11-5-3-4-6-12(11)16-13(19)8-18/h3-6H,7-8H2,1-2H3,(H,16,19). The number of anilines is 1. The predicted molar refractivity (Wildman–Crippen MR) is 75.8 cm³/mol. The third-order valence-corrected chi connectivity index (χ3v) is 3.52. The van der Waals surface area contributed by atoms with Crippen LogP contribution in [0.2, 0.25) is 0 Å². The summed E-state index contributed by atoms with van der Waals surface area (Å²) in [5, 5.41) is 6.61. The van der Waals surface area contributed by atoms with Gasteiger partial charge in [0.1, 0.15) is 17.9 Å². The molecule has 0 saturated carbocycles. The average Bonchev–Trinajstić information content (AvgIpc) is 2.69. The number of nitrogens with zero attached hydrogens (tertiary/aromatic N) is 2. The van der Waals surface area contributed by atoms with Gasteiger partial charge in [-0.2, -0.15) is 0 Å². The monoisotopic (exact) mass is 285 g/mol. The Bertz CT molecular complexity index is 701. The van der Waals surface area contributed by atoms with Crippen molar-refractivity contribution in [2.24, 2.45) is 0 Å². The summed E-state index contributed by atoms with van der Waals surface area (Å²) < 4.78 is 5.04. The van der Waals surface area contributed by atoms with Crippen molar-refractivity contribution in [3.05, 3.63) is 46.8 Å². The SMILES string of the molecule is Cc1noc(C)c1C(=O)N1CC(=O)Nc2ccccc2C1. The first-order valence-corrected chi connectivity index (χ1v) is 6.66. The maximum atomic E-state index is 12.7. The highest BCUT2D eigenvalue weighted by atomic mass is 16.5. The first kappa shape index (κ1) is 13.4. The molecular formula is C15H15N3O3. The maximum absolute atomic E-state index is 12.7. The molecule has 2 amide bonds. The number of hydrogen-bond donors (Lipinski definition) is 1. The molecule has 0 aliphatic carbocycles. The van der Waals surface area contributed by atoms with E-state index in [0.29, 0.717) is 23.6 Å². The van der Waals surface area contributed by atoms with Crippen LogP contribution in [0.1, 0.15) is 27.4 Å². The highest BCUT2D eigenvalue weighted by Gasteiger charge is 2.27. The van der Waals surface area contributed by atoms with E-state index in [1.807, 2.05) is 24.3 Å². The van der Waals surface area contributed by atoms with Crippen LogP contribution in [0.25, 0.3) is 0 Å². The summed E-state index contributed by atoms with van der Waals surface area (Å²) in [4.78, 5) is 26.1. The zero-order valence-corrected chi connectivity index (χ0v) is 11.8. The molecule has 1 aromatic carbocycles. The quantitative estimate of drug-likeness (QED) is 0.868. The van der Waals surface area contributed by atoms with Crippen LogP contribution in [0, 0.1) is 13.8 Å². The Morgan fingerprint density at radius 1 is 1.29 bits per heavy atom. The van der Waals surface area contributed by atoms with Crippen LogP contribution in [-0.2, 0) is 11.3 Å². The number of carbonyl (C=O) groups excluding carboxylic acids is 2. The fourth-order valence-electron chi connectivity index (χ4n) is 2.49. The lowest BCUT2D eigenvalue weighted by atomic mass is 10.1. The normalized spacial score (nSPS) is 14.4. The van der Waals surface area contributed by atoms with Gasteiger partial charge in [0.05, 0.1) is 5.69 Å². The van der Waals surface area contributed by atoms with E-state index in [0.717, 1.165) is 11.3 Å². The Labute approximate surface area is 121 Å². The molecule has 2 heterocycles. The number of rotatable bonds is 1. The van der Waals surface area contributed by atoms with Gasteiger partial charge < -0.3 is 14.7 Å². The van der Waals surface area contributed by atoms with Gasteiger partial charge in [-0.05, 0) is 25.5 Å². The Hall–Kier alpha value is -2.63. The zero-order chi connectivity index (χ0) is 15.0. The van der Waals surface area contributed by atoms with Gasteiger partial charge in [0.25, 0.3) is 5.91 Å². The maximum Gasteiger partial charge on any atom is 0.260 e. The van der Waals surface area contributed by atoms with E-state index in [2.05, 4.69) is 10.5 Å². The third-order valence-electron chi connectivity index (χ3n) is 3.52. The van der Waals surface area contributed by atoms with Crippen LogP contribution in [0.5, 0.6) is 0 Å². The first-order valence-electron chi connectivity index (χ1n) is 6.66. The molecule has 1 aliphatic heterocycles. The molecule has 1 aliphatic rings. The van der Waals surface area contributed by atoms with Crippen molar-refractivity contribution in [3.63, 3.8) is 0 Å². The minimum absolute atomic E-state index is 0.0115. The molecule has 0 radical (unpaired) electrons. The third kappa shape index (κ3) is 2.40. The fraction of sp³-hybridized carbons (Fsp3) is 0.267. The van der Waals surface area contributed by atoms with Crippen LogP contribution >= 0.6 is 0 Å². The molecular weight excluding hydrogens is 270 g/mol. The van der Waals surface area contributed by atoms with Crippen molar-refractivity contribution < 1.29 is 14.1 Å². The van der Waals surface area contributed by atoms with Crippen molar-refractivity contribution in [3.8, 4) is 0 Å². The number of fused-ring (bicyclic) bond motifs is 1. The van der Waals surface area contributed by atoms with E-state index < -0.39 is 0 Å². The molecule has 2 aromatic rings. The van der Waals surface area contributed by atoms with Crippen molar-refractivity contribution >= 4 is 17.5 Å². The molecule has 0 spiro atoms. The van der Waals surface area contributed by atoms with Crippen LogP contribution < -0.4 is 5.32 Å². The number of amides is 2. The fourth-order valence-corrected chi connectivity index (χ4v) is 2.49. The lowest BCUT2D eigenvalue weighted by Gasteiger charge is -2.19. The highest BCUT2D eigenvalue weighted by Crippen LogP contribution is 2.23. The summed E-state index contributed by atoms with van der Waals surface area (Å²) in [6.07, 6.45) is 0. The predicted octanol–water partition coefficient (Wildman–Crippen LogP) is 1.89. The highest BCUT2D eigenvalue weighted by molar-refractivity contribution is 6.01. The van der Waals surface area contributed by atoms with E-state index in [1.165, 1.54) is 4.90 Å². The number of aryl methyl sites for hydroxylation is 2. The second-order valence-electron chi connectivity index (χ2n) is 5.07. The topological polar surface area (TPSA) is 75.4 Å². The Kier molecular flexibility index (Phi) is 3.21. The molecule has 108 valence electrons. The summed E-state index contributed by atoms with van der Waals surface area (Å²) in [6, 6.07) is 7.46. The van der Waals surface area contributed by atoms with Crippen molar-refractivity contribution in [2.45, 2.75) is 20.4 Å². The second kappa shape index (κ2) is 5.05. The lowest BCUT2D eigenvalue weighted by molar-refractivity contribution is -0.116. The molecule has 0 saturated heterocycles. The molecule has 1 N–H and O–H groups in total. The van der Waals surface area contributed by atoms with Gasteiger partial charge in [-0.25, -0.2) is 0 Å². The number of benzene rings is 1. The molecule has 3 rings (SSSR count). The lowest BCUT2D eigenvalue weighted by Crippen LogP contribution is -2.35. The van der Waals surface area contributed by atoms with Gasteiger partial charge in [0.15, 0.2) is 0 Å². The summed E-state index contributed by atoms with van der Waals surface area (Å²) >= 11 is 0. The summed E-state index contributed by atoms with van der Waals surface area (Å²) in [7, 11) is 0. The first-order chi connectivity index (χ1) is 10.1. The van der Waals surface area contributed by atoms with Gasteiger partial charge in [-0.3, -0.25) is 9.59 Å². The van der Waals surface area contributed by atoms with Gasteiger partial charge in [-0.15, -0.1) is 0 Å². The molecule has 0 atom stereocenters. The smallest absolute Gasteiger partial charge is 0.260 e. The largest absolute Gasteiger partial charge is 0.361 e. The zero-order valence-electron chi connectivity index (χ0n) is 11.8. The number of hydrogen-bond acceptors (Lipinski definition) is 4. The second-order valence-corrected chi connectivity index (χ2v) is 5.07. The van der Waals surface area contributed by atoms with E-state index in [1.54, 1.807) is 13.8 Å². The summed E-state index contributed by atoms with van der Waals surface area (Å²) in [6.45, 7) is 3.80. The summed E-state index contributed by atoms with van der Waals surface area (Å²) in [5.74, 6) is 0.0219. The van der Waals surface area contributed by atoms with Crippen LogP contribution in [0.15, 0.2) is 28.8 Å². The molecule has 0 unspecified atom stereocenters. The van der Waals surface area contributed by atoms with Crippen LogP contribution in [-0.4, -0.2) is 28.4 Å². The number of aromatic nitrogens is 1. The summed E-state index contributed by atoms with van der Waals surface area (Å²) in [5.41, 5.74) is 2.62. The Morgan fingerprint density at radius 3 is 2.76 bits per heavy atom. The molecule has 1 aromatic heterocycles. The molecule has 0 bridgehead atoms. The average molecular weight is 285 g/mol. The van der Waals surface area contributed by atoms with Gasteiger partial charge in [0.2, 0.25) is 5.91 Å². The molecule has 6 heteroatoms. The van der Waals surface area contributed by atoms with Crippen molar-refractivity contribution in [1.82, 2.24) is 10.1 Å². The van der Waals surface area contributed by atoms with Crippen LogP contribution in [0.3, 0.4) is 0 Å². The number of nitrogens with one attached hydrogen (secondary N) is 1.